The van der Waals surface area contributed by atoms with Crippen LogP contribution in [0.1, 0.15) is 51.9 Å². The second kappa shape index (κ2) is 12.1. The maximum absolute atomic E-state index is 13.4. The molecule has 11 heteroatoms. The molecule has 1 unspecified atom stereocenters. The predicted octanol–water partition coefficient (Wildman–Crippen LogP) is 7.48. The van der Waals surface area contributed by atoms with Crippen LogP contribution in [0.5, 0.6) is 0 Å². The van der Waals surface area contributed by atoms with Gasteiger partial charge in [0.05, 0.1) is 21.1 Å². The van der Waals surface area contributed by atoms with Gasteiger partial charge in [-0.15, -0.1) is 4.36 Å². The van der Waals surface area contributed by atoms with Gasteiger partial charge in [-0.2, -0.15) is 0 Å². The van der Waals surface area contributed by atoms with E-state index < -0.39 is 39.0 Å². The first kappa shape index (κ1) is 31.3. The molecule has 0 bridgehead atoms. The van der Waals surface area contributed by atoms with E-state index >= 15 is 0 Å². The van der Waals surface area contributed by atoms with Crippen LogP contribution >= 0.6 is 0 Å². The lowest BCUT2D eigenvalue weighted by Crippen LogP contribution is -2.27. The Morgan fingerprint density at radius 1 is 0.756 bits per heavy atom. The first-order chi connectivity index (χ1) is 18.9. The minimum absolute atomic E-state index is 0.219. The monoisotopic (exact) mass is 583 g/mol. The van der Waals surface area contributed by atoms with Crippen molar-refractivity contribution in [3.63, 3.8) is 0 Å². The maximum atomic E-state index is 13.4. The number of ether oxygens (including phenoxy) is 2. The summed E-state index contributed by atoms with van der Waals surface area (Å²) >= 11 is 0. The molecule has 0 saturated heterocycles. The van der Waals surface area contributed by atoms with Crippen LogP contribution in [0.2, 0.25) is 0 Å². The van der Waals surface area contributed by atoms with Crippen LogP contribution in [-0.2, 0) is 19.2 Å². The molecule has 2 N–H and O–H groups in total. The molecule has 0 radical (unpaired) electrons. The molecule has 3 aromatic rings. The highest BCUT2D eigenvalue weighted by Crippen LogP contribution is 2.30. The van der Waals surface area contributed by atoms with Gasteiger partial charge in [0.25, 0.3) is 5.91 Å². The summed E-state index contributed by atoms with van der Waals surface area (Å²) in [6.07, 6.45) is -0.349. The van der Waals surface area contributed by atoms with Crippen molar-refractivity contribution >= 4 is 39.2 Å². The van der Waals surface area contributed by atoms with Gasteiger partial charge in [0.15, 0.2) is 0 Å². The molecule has 0 fully saturated rings. The van der Waals surface area contributed by atoms with Gasteiger partial charge in [0, 0.05) is 16.7 Å². The first-order valence-corrected chi connectivity index (χ1v) is 14.6. The van der Waals surface area contributed by atoms with Gasteiger partial charge < -0.3 is 14.8 Å². The van der Waals surface area contributed by atoms with Gasteiger partial charge in [-0.3, -0.25) is 10.1 Å². The number of amides is 3. The average Bonchev–Trinajstić information content (AvgIpc) is 2.83. The number of nitrogens with zero attached hydrogens (tertiary/aromatic N) is 1. The van der Waals surface area contributed by atoms with Crippen molar-refractivity contribution in [3.05, 3.63) is 78.1 Å². The molecule has 1 atom stereocenters. The molecule has 9 nitrogen and oxygen atoms in total. The van der Waals surface area contributed by atoms with E-state index in [0.29, 0.717) is 11.1 Å². The Morgan fingerprint density at radius 3 is 1.88 bits per heavy atom. The van der Waals surface area contributed by atoms with Crippen molar-refractivity contribution in [3.8, 4) is 11.1 Å². The Labute approximate surface area is 239 Å². The molecule has 0 aromatic heterocycles. The number of benzene rings is 3. The minimum atomic E-state index is -3.13. The summed E-state index contributed by atoms with van der Waals surface area (Å²) in [7, 11) is -3.13. The lowest BCUT2D eigenvalue weighted by Gasteiger charge is -2.21. The molecule has 3 amide bonds. The standard InChI is InChI=1S/C30H34FN3O6S/c1-29(2,3)39-27(36)33-24-17-12-21(19-8-13-22(31)14-9-19)18-25(24)32-26(35)20-10-15-23(16-11-20)41(7,38)34-28(37)40-30(4,5)6/h8-18H,1-7H3,(H,32,35)(H,33,36). The highest BCUT2D eigenvalue weighted by molar-refractivity contribution is 7.93. The molecule has 0 spiro atoms. The first-order valence-electron chi connectivity index (χ1n) is 12.7. The van der Waals surface area contributed by atoms with E-state index in [9.17, 15) is 23.0 Å². The zero-order valence-electron chi connectivity index (χ0n) is 24.0. The number of hydrogen-bond acceptors (Lipinski definition) is 6. The number of nitrogens with one attached hydrogen (secondary N) is 2. The minimum Gasteiger partial charge on any atom is -0.444 e. The second-order valence-electron chi connectivity index (χ2n) is 11.2. The number of halogens is 1. The van der Waals surface area contributed by atoms with Gasteiger partial charge in [0.1, 0.15) is 17.0 Å². The Balaban J connectivity index is 1.89. The molecule has 218 valence electrons. The Morgan fingerprint density at radius 2 is 1.32 bits per heavy atom. The summed E-state index contributed by atoms with van der Waals surface area (Å²) in [5.41, 5.74) is 0.604. The summed E-state index contributed by atoms with van der Waals surface area (Å²) in [5, 5.41) is 5.43. The molecular weight excluding hydrogens is 549 g/mol. The van der Waals surface area contributed by atoms with E-state index in [2.05, 4.69) is 15.0 Å². The Kier molecular flexibility index (Phi) is 9.23. The number of carbonyl (C=O) groups excluding carboxylic acids is 3. The van der Waals surface area contributed by atoms with Crippen LogP contribution in [0, 0.1) is 5.82 Å². The molecule has 0 heterocycles. The van der Waals surface area contributed by atoms with Crippen molar-refractivity contribution < 1.29 is 32.5 Å². The molecular formula is C30H34FN3O6S. The highest BCUT2D eigenvalue weighted by atomic mass is 32.2. The van der Waals surface area contributed by atoms with Gasteiger partial charge in [-0.1, -0.05) is 18.2 Å². The van der Waals surface area contributed by atoms with Crippen LogP contribution in [0.3, 0.4) is 0 Å². The third kappa shape index (κ3) is 9.42. The SMILES string of the molecule is CC(C)(C)OC(=O)N=S(C)(=O)c1ccc(C(=O)Nc2cc(-c3ccc(F)cc3)ccc2NC(=O)OC(C)(C)C)cc1. The summed E-state index contributed by atoms with van der Waals surface area (Å²) in [5.74, 6) is -0.907. The predicted molar refractivity (Wildman–Crippen MR) is 157 cm³/mol. The van der Waals surface area contributed by atoms with E-state index in [0.717, 1.165) is 0 Å². The molecule has 0 aliphatic carbocycles. The van der Waals surface area contributed by atoms with E-state index in [-0.39, 0.29) is 27.7 Å². The van der Waals surface area contributed by atoms with Crippen molar-refractivity contribution in [1.82, 2.24) is 0 Å². The lowest BCUT2D eigenvalue weighted by atomic mass is 10.0. The fraction of sp³-hybridized carbons (Fsp3) is 0.300. The molecule has 0 aliphatic rings. The third-order valence-electron chi connectivity index (χ3n) is 5.28. The van der Waals surface area contributed by atoms with Crippen molar-refractivity contribution in [2.45, 2.75) is 57.6 Å². The van der Waals surface area contributed by atoms with Crippen molar-refractivity contribution in [2.24, 2.45) is 4.36 Å². The smallest absolute Gasteiger partial charge is 0.442 e. The number of hydrogen-bond donors (Lipinski definition) is 2. The van der Waals surface area contributed by atoms with Gasteiger partial charge in [0.2, 0.25) is 0 Å². The van der Waals surface area contributed by atoms with Crippen LogP contribution in [0.15, 0.2) is 76.0 Å². The van der Waals surface area contributed by atoms with Crippen LogP contribution in [-0.4, -0.2) is 39.8 Å². The lowest BCUT2D eigenvalue weighted by molar-refractivity contribution is 0.0603. The fourth-order valence-corrected chi connectivity index (χ4v) is 4.59. The quantitative estimate of drug-likeness (QED) is 0.321. The summed E-state index contributed by atoms with van der Waals surface area (Å²) in [4.78, 5) is 38.0. The summed E-state index contributed by atoms with van der Waals surface area (Å²) in [6.45, 7) is 10.2. The average molecular weight is 584 g/mol. The summed E-state index contributed by atoms with van der Waals surface area (Å²) in [6, 6.07) is 16.6. The van der Waals surface area contributed by atoms with E-state index in [4.69, 9.17) is 9.47 Å². The van der Waals surface area contributed by atoms with E-state index in [1.807, 2.05) is 0 Å². The molecule has 41 heavy (non-hydrogen) atoms. The normalized spacial score (nSPS) is 13.0. The van der Waals surface area contributed by atoms with Crippen LogP contribution < -0.4 is 10.6 Å². The van der Waals surface area contributed by atoms with Crippen LogP contribution in [0.4, 0.5) is 25.4 Å². The number of anilines is 2. The van der Waals surface area contributed by atoms with Crippen molar-refractivity contribution in [2.75, 3.05) is 16.9 Å². The topological polar surface area (TPSA) is 123 Å². The third-order valence-corrected chi connectivity index (χ3v) is 6.92. The van der Waals surface area contributed by atoms with E-state index in [1.165, 1.54) is 42.7 Å². The van der Waals surface area contributed by atoms with Crippen LogP contribution in [0.25, 0.3) is 11.1 Å². The zero-order chi connectivity index (χ0) is 30.6. The van der Waals surface area contributed by atoms with Crippen molar-refractivity contribution in [1.29, 1.82) is 0 Å². The van der Waals surface area contributed by atoms with Gasteiger partial charge in [-0.05, 0) is 101 Å². The second-order valence-corrected chi connectivity index (χ2v) is 13.5. The van der Waals surface area contributed by atoms with E-state index in [1.54, 1.807) is 71.9 Å². The molecule has 0 aliphatic heterocycles. The number of carbonyl (C=O) groups is 3. The molecule has 3 aromatic carbocycles. The summed E-state index contributed by atoms with van der Waals surface area (Å²) < 4.78 is 40.7. The Hall–Kier alpha value is -4.25. The number of rotatable bonds is 5. The Bertz CT molecular complexity index is 1560. The van der Waals surface area contributed by atoms with Gasteiger partial charge >= 0.3 is 12.2 Å². The molecule has 0 saturated carbocycles. The zero-order valence-corrected chi connectivity index (χ0v) is 24.9. The van der Waals surface area contributed by atoms with Gasteiger partial charge in [-0.25, -0.2) is 18.2 Å². The largest absolute Gasteiger partial charge is 0.444 e. The highest BCUT2D eigenvalue weighted by Gasteiger charge is 2.20. The maximum Gasteiger partial charge on any atom is 0.442 e. The fourth-order valence-electron chi connectivity index (χ4n) is 3.52. The molecule has 3 rings (SSSR count).